The highest BCUT2D eigenvalue weighted by atomic mass is 35.5. The maximum absolute atomic E-state index is 12.6. The van der Waals surface area contributed by atoms with Gasteiger partial charge >= 0.3 is 0 Å². The molecule has 2 aromatic carbocycles. The standard InChI is InChI=1S/C18H16Cl2N2O4/c1-18(2,17(24)22-12-5-3-4-11(19)15(12)20)16(23)21-10-6-7-13-14(8-10)26-9-25-13/h3-8H,9H2,1-2H3,(H,21,23)(H,22,24). The normalized spacial score (nSPS) is 12.6. The van der Waals surface area contributed by atoms with E-state index in [2.05, 4.69) is 10.6 Å². The third-order valence-corrected chi connectivity index (χ3v) is 4.78. The number of anilines is 2. The first-order valence-electron chi connectivity index (χ1n) is 7.75. The Bertz CT molecular complexity index is 883. The second-order valence-corrected chi connectivity index (χ2v) is 6.99. The molecular formula is C18H16Cl2N2O4. The molecule has 0 unspecified atom stereocenters. The van der Waals surface area contributed by atoms with Crippen molar-refractivity contribution < 1.29 is 19.1 Å². The van der Waals surface area contributed by atoms with Crippen molar-refractivity contribution in [1.82, 2.24) is 0 Å². The minimum atomic E-state index is -1.36. The average molecular weight is 395 g/mol. The fourth-order valence-electron chi connectivity index (χ4n) is 2.24. The molecule has 1 heterocycles. The number of rotatable bonds is 4. The van der Waals surface area contributed by atoms with Gasteiger partial charge in [0.1, 0.15) is 5.41 Å². The van der Waals surface area contributed by atoms with Crippen molar-refractivity contribution in [3.63, 3.8) is 0 Å². The van der Waals surface area contributed by atoms with E-state index in [1.165, 1.54) is 13.8 Å². The fraction of sp³-hybridized carbons (Fsp3) is 0.222. The summed E-state index contributed by atoms with van der Waals surface area (Å²) in [5.41, 5.74) is -0.517. The number of carbonyl (C=O) groups is 2. The molecule has 2 aromatic rings. The van der Waals surface area contributed by atoms with Gasteiger partial charge in [0.25, 0.3) is 0 Å². The van der Waals surface area contributed by atoms with E-state index in [-0.39, 0.29) is 11.8 Å². The summed E-state index contributed by atoms with van der Waals surface area (Å²) in [5.74, 6) is 0.151. The maximum atomic E-state index is 12.6. The van der Waals surface area contributed by atoms with Gasteiger partial charge in [0.05, 0.1) is 15.7 Å². The molecule has 136 valence electrons. The van der Waals surface area contributed by atoms with Gasteiger partial charge in [0.2, 0.25) is 18.6 Å². The molecule has 0 spiro atoms. The number of nitrogens with one attached hydrogen (secondary N) is 2. The van der Waals surface area contributed by atoms with Crippen LogP contribution in [0.15, 0.2) is 36.4 Å². The number of hydrogen-bond donors (Lipinski definition) is 2. The summed E-state index contributed by atoms with van der Waals surface area (Å²) < 4.78 is 10.5. The lowest BCUT2D eigenvalue weighted by atomic mass is 9.90. The third kappa shape index (κ3) is 3.57. The summed E-state index contributed by atoms with van der Waals surface area (Å²) in [6.07, 6.45) is 0. The number of ether oxygens (including phenoxy) is 2. The van der Waals surface area contributed by atoms with Crippen LogP contribution in [0.1, 0.15) is 13.8 Å². The number of amides is 2. The Morgan fingerprint density at radius 3 is 2.46 bits per heavy atom. The number of hydrogen-bond acceptors (Lipinski definition) is 4. The van der Waals surface area contributed by atoms with Crippen LogP contribution in [-0.4, -0.2) is 18.6 Å². The molecule has 0 aromatic heterocycles. The third-order valence-electron chi connectivity index (χ3n) is 3.97. The minimum Gasteiger partial charge on any atom is -0.454 e. The van der Waals surface area contributed by atoms with Crippen LogP contribution in [0.3, 0.4) is 0 Å². The van der Waals surface area contributed by atoms with E-state index in [1.807, 2.05) is 0 Å². The highest BCUT2D eigenvalue weighted by Gasteiger charge is 2.36. The van der Waals surface area contributed by atoms with Crippen LogP contribution in [-0.2, 0) is 9.59 Å². The van der Waals surface area contributed by atoms with Crippen molar-refractivity contribution in [1.29, 1.82) is 0 Å². The van der Waals surface area contributed by atoms with Crippen molar-refractivity contribution in [2.45, 2.75) is 13.8 Å². The van der Waals surface area contributed by atoms with Crippen molar-refractivity contribution in [3.8, 4) is 11.5 Å². The molecule has 0 radical (unpaired) electrons. The molecule has 6 nitrogen and oxygen atoms in total. The number of benzene rings is 2. The second-order valence-electron chi connectivity index (χ2n) is 6.20. The molecule has 2 N–H and O–H groups in total. The van der Waals surface area contributed by atoms with Crippen LogP contribution in [0, 0.1) is 5.41 Å². The van der Waals surface area contributed by atoms with Gasteiger partial charge in [-0.05, 0) is 38.1 Å². The molecule has 2 amide bonds. The van der Waals surface area contributed by atoms with Crippen LogP contribution in [0.25, 0.3) is 0 Å². The number of fused-ring (bicyclic) bond motifs is 1. The smallest absolute Gasteiger partial charge is 0.239 e. The predicted octanol–water partition coefficient (Wildman–Crippen LogP) is 4.33. The molecule has 8 heteroatoms. The summed E-state index contributed by atoms with van der Waals surface area (Å²) in [7, 11) is 0. The first-order valence-corrected chi connectivity index (χ1v) is 8.51. The summed E-state index contributed by atoms with van der Waals surface area (Å²) >= 11 is 12.0. The van der Waals surface area contributed by atoms with Crippen LogP contribution in [0.4, 0.5) is 11.4 Å². The Morgan fingerprint density at radius 2 is 1.69 bits per heavy atom. The first-order chi connectivity index (χ1) is 12.3. The molecule has 0 saturated heterocycles. The maximum Gasteiger partial charge on any atom is 0.239 e. The van der Waals surface area contributed by atoms with E-state index in [4.69, 9.17) is 32.7 Å². The largest absolute Gasteiger partial charge is 0.454 e. The quantitative estimate of drug-likeness (QED) is 0.756. The summed E-state index contributed by atoms with van der Waals surface area (Å²) in [6.45, 7) is 3.17. The summed E-state index contributed by atoms with van der Waals surface area (Å²) in [5, 5.41) is 5.88. The van der Waals surface area contributed by atoms with Gasteiger partial charge in [0, 0.05) is 11.8 Å². The molecule has 1 aliphatic heterocycles. The van der Waals surface area contributed by atoms with Gasteiger partial charge in [-0.15, -0.1) is 0 Å². The van der Waals surface area contributed by atoms with E-state index in [9.17, 15) is 9.59 Å². The first kappa shape index (κ1) is 18.4. The van der Waals surface area contributed by atoms with Gasteiger partial charge in [-0.25, -0.2) is 0 Å². The molecule has 0 fully saturated rings. The number of halogens is 2. The predicted molar refractivity (Wildman–Crippen MR) is 100 cm³/mol. The van der Waals surface area contributed by atoms with Crippen LogP contribution >= 0.6 is 23.2 Å². The Balaban J connectivity index is 1.73. The zero-order chi connectivity index (χ0) is 18.9. The Labute approximate surface area is 160 Å². The highest BCUT2D eigenvalue weighted by Crippen LogP contribution is 2.35. The van der Waals surface area contributed by atoms with Crippen LogP contribution in [0.5, 0.6) is 11.5 Å². The lowest BCUT2D eigenvalue weighted by Crippen LogP contribution is -2.41. The number of carbonyl (C=O) groups excluding carboxylic acids is 2. The average Bonchev–Trinajstić information content (AvgIpc) is 3.06. The Hall–Kier alpha value is -2.44. The molecule has 0 aliphatic carbocycles. The zero-order valence-corrected chi connectivity index (χ0v) is 15.6. The molecule has 0 saturated carbocycles. The summed E-state index contributed by atoms with van der Waals surface area (Å²) in [6, 6.07) is 9.88. The highest BCUT2D eigenvalue weighted by molar-refractivity contribution is 6.44. The van der Waals surface area contributed by atoms with E-state index in [1.54, 1.807) is 36.4 Å². The van der Waals surface area contributed by atoms with Crippen molar-refractivity contribution in [3.05, 3.63) is 46.4 Å². The van der Waals surface area contributed by atoms with E-state index in [0.717, 1.165) is 0 Å². The van der Waals surface area contributed by atoms with E-state index >= 15 is 0 Å². The lowest BCUT2D eigenvalue weighted by molar-refractivity contribution is -0.135. The van der Waals surface area contributed by atoms with Gasteiger partial charge in [0.15, 0.2) is 11.5 Å². The van der Waals surface area contributed by atoms with Crippen molar-refractivity contribution in [2.75, 3.05) is 17.4 Å². The van der Waals surface area contributed by atoms with Gasteiger partial charge in [-0.3, -0.25) is 9.59 Å². The van der Waals surface area contributed by atoms with Crippen LogP contribution in [0.2, 0.25) is 10.0 Å². The fourth-order valence-corrected chi connectivity index (χ4v) is 2.59. The molecule has 0 bridgehead atoms. The molecular weight excluding hydrogens is 379 g/mol. The molecule has 3 rings (SSSR count). The SMILES string of the molecule is CC(C)(C(=O)Nc1ccc2c(c1)OCO2)C(=O)Nc1cccc(Cl)c1Cl. The van der Waals surface area contributed by atoms with Gasteiger partial charge in [-0.1, -0.05) is 29.3 Å². The van der Waals surface area contributed by atoms with Crippen molar-refractivity contribution in [2.24, 2.45) is 5.41 Å². The molecule has 1 aliphatic rings. The monoisotopic (exact) mass is 394 g/mol. The Morgan fingerprint density at radius 1 is 1.00 bits per heavy atom. The molecule has 0 atom stereocenters. The minimum absolute atomic E-state index is 0.140. The van der Waals surface area contributed by atoms with E-state index in [0.29, 0.717) is 27.9 Å². The van der Waals surface area contributed by atoms with Gasteiger partial charge < -0.3 is 20.1 Å². The van der Waals surface area contributed by atoms with E-state index < -0.39 is 17.2 Å². The molecule has 26 heavy (non-hydrogen) atoms. The Kier molecular flexibility index (Phi) is 4.98. The zero-order valence-electron chi connectivity index (χ0n) is 14.1. The van der Waals surface area contributed by atoms with Crippen LogP contribution < -0.4 is 20.1 Å². The van der Waals surface area contributed by atoms with Gasteiger partial charge in [-0.2, -0.15) is 0 Å². The topological polar surface area (TPSA) is 76.7 Å². The summed E-state index contributed by atoms with van der Waals surface area (Å²) in [4.78, 5) is 25.2. The second kappa shape index (κ2) is 7.05. The van der Waals surface area contributed by atoms with Crippen molar-refractivity contribution >= 4 is 46.4 Å². The lowest BCUT2D eigenvalue weighted by Gasteiger charge is -2.23.